The zero-order chi connectivity index (χ0) is 14.0. The largest absolute Gasteiger partial charge is 0.494 e. The van der Waals surface area contributed by atoms with Crippen molar-refractivity contribution in [3.05, 3.63) is 42.5 Å². The molecule has 0 aliphatic heterocycles. The van der Waals surface area contributed by atoms with Crippen molar-refractivity contribution in [1.29, 1.82) is 0 Å². The van der Waals surface area contributed by atoms with E-state index >= 15 is 0 Å². The van der Waals surface area contributed by atoms with Gasteiger partial charge in [-0.2, -0.15) is 0 Å². The van der Waals surface area contributed by atoms with Gasteiger partial charge in [0.15, 0.2) is 0 Å². The van der Waals surface area contributed by atoms with Gasteiger partial charge in [0.05, 0.1) is 10.6 Å². The summed E-state index contributed by atoms with van der Waals surface area (Å²) < 4.78 is 1.18. The number of nitrogens with one attached hydrogen (secondary N) is 1. The molecule has 2 N–H and O–H groups in total. The number of aryl methyl sites for hydroxylation is 2. The van der Waals surface area contributed by atoms with Gasteiger partial charge in [0.2, 0.25) is 5.88 Å². The fourth-order valence-electron chi connectivity index (χ4n) is 1.85. The number of rotatable bonds is 4. The first-order chi connectivity index (χ1) is 9.02. The number of thiazole rings is 1. The Morgan fingerprint density at radius 3 is 2.79 bits per heavy atom. The molecule has 0 atom stereocenters. The molecule has 0 saturated carbocycles. The van der Waals surface area contributed by atoms with Crippen LogP contribution in [0.5, 0.6) is 5.88 Å². The van der Waals surface area contributed by atoms with Crippen molar-refractivity contribution in [2.24, 2.45) is 0 Å². The summed E-state index contributed by atoms with van der Waals surface area (Å²) in [6, 6.07) is 0. The van der Waals surface area contributed by atoms with Crippen molar-refractivity contribution >= 4 is 11.3 Å². The van der Waals surface area contributed by atoms with Crippen molar-refractivity contribution < 1.29 is 5.11 Å². The summed E-state index contributed by atoms with van der Waals surface area (Å²) in [5.41, 5.74) is 0.0570. The first-order valence-electron chi connectivity index (χ1n) is 5.99. The van der Waals surface area contributed by atoms with Gasteiger partial charge in [-0.3, -0.25) is 14.3 Å². The Kier molecular flexibility index (Phi) is 3.84. The van der Waals surface area contributed by atoms with Crippen LogP contribution in [0.3, 0.4) is 0 Å². The number of hydrogen-bond acceptors (Lipinski definition) is 5. The highest BCUT2D eigenvalue weighted by Gasteiger charge is 2.12. The molecule has 0 aliphatic rings. The second kappa shape index (κ2) is 5.40. The molecule has 0 spiro atoms. The zero-order valence-corrected chi connectivity index (χ0v) is 11.6. The maximum absolute atomic E-state index is 11.7. The van der Waals surface area contributed by atoms with Crippen LogP contribution in [0.25, 0.3) is 0 Å². The third-order valence-corrected chi connectivity index (χ3v) is 3.86. The summed E-state index contributed by atoms with van der Waals surface area (Å²) in [5, 5.41) is 12.8. The lowest BCUT2D eigenvalue weighted by molar-refractivity contribution is 0.393. The average molecular weight is 281 g/mol. The van der Waals surface area contributed by atoms with E-state index in [2.05, 4.69) is 9.97 Å². The summed E-state index contributed by atoms with van der Waals surface area (Å²) in [6.07, 6.45) is 0.916. The molecule has 2 aromatic rings. The zero-order valence-electron chi connectivity index (χ0n) is 10.8. The molecular weight excluding hydrogens is 266 g/mol. The van der Waals surface area contributed by atoms with E-state index in [1.807, 2.05) is 12.3 Å². The molecule has 0 saturated heterocycles. The number of aromatic nitrogens is 3. The first kappa shape index (κ1) is 13.5. The lowest BCUT2D eigenvalue weighted by atomic mass is 10.2. The predicted octanol–water partition coefficient (Wildman–Crippen LogP) is 0.812. The van der Waals surface area contributed by atoms with E-state index in [9.17, 15) is 14.7 Å². The molecule has 2 rings (SSSR count). The van der Waals surface area contributed by atoms with Crippen molar-refractivity contribution in [3.63, 3.8) is 0 Å². The summed E-state index contributed by atoms with van der Waals surface area (Å²) >= 11 is 1.51. The van der Waals surface area contributed by atoms with Crippen LogP contribution < -0.4 is 11.2 Å². The van der Waals surface area contributed by atoms with Gasteiger partial charge in [-0.15, -0.1) is 11.3 Å². The highest BCUT2D eigenvalue weighted by Crippen LogP contribution is 2.13. The molecule has 2 aromatic heterocycles. The van der Waals surface area contributed by atoms with E-state index in [0.29, 0.717) is 19.4 Å². The quantitative estimate of drug-likeness (QED) is 0.868. The highest BCUT2D eigenvalue weighted by atomic mass is 32.1. The molecule has 0 bridgehead atoms. The number of hydrogen-bond donors (Lipinski definition) is 2. The maximum atomic E-state index is 11.7. The minimum Gasteiger partial charge on any atom is -0.494 e. The normalized spacial score (nSPS) is 10.8. The second-order valence-corrected chi connectivity index (χ2v) is 5.14. The van der Waals surface area contributed by atoms with E-state index in [4.69, 9.17) is 0 Å². The van der Waals surface area contributed by atoms with Gasteiger partial charge in [-0.25, -0.2) is 9.78 Å². The Balaban J connectivity index is 2.30. The minimum atomic E-state index is -0.590. The van der Waals surface area contributed by atoms with Gasteiger partial charge in [0.1, 0.15) is 0 Å². The average Bonchev–Trinajstić information content (AvgIpc) is 2.75. The number of aromatic amines is 1. The third-order valence-electron chi connectivity index (χ3n) is 2.83. The molecule has 102 valence electrons. The maximum Gasteiger partial charge on any atom is 0.331 e. The summed E-state index contributed by atoms with van der Waals surface area (Å²) in [4.78, 5) is 29.7. The van der Waals surface area contributed by atoms with E-state index in [1.165, 1.54) is 15.9 Å². The Labute approximate surface area is 113 Å². The van der Waals surface area contributed by atoms with Crippen LogP contribution in [0, 0.1) is 6.92 Å². The van der Waals surface area contributed by atoms with Crippen molar-refractivity contribution in [2.45, 2.75) is 33.2 Å². The molecule has 6 nitrogen and oxygen atoms in total. The van der Waals surface area contributed by atoms with Crippen LogP contribution in [0.2, 0.25) is 0 Å². The topological polar surface area (TPSA) is 88.0 Å². The van der Waals surface area contributed by atoms with Crippen molar-refractivity contribution in [2.75, 3.05) is 0 Å². The highest BCUT2D eigenvalue weighted by molar-refractivity contribution is 7.09. The molecule has 19 heavy (non-hydrogen) atoms. The van der Waals surface area contributed by atoms with Crippen LogP contribution in [0.15, 0.2) is 15.0 Å². The molecule has 7 heteroatoms. The Morgan fingerprint density at radius 2 is 2.21 bits per heavy atom. The molecule has 0 fully saturated rings. The molecular formula is C12H15N3O3S. The smallest absolute Gasteiger partial charge is 0.331 e. The third kappa shape index (κ3) is 2.76. The predicted molar refractivity (Wildman–Crippen MR) is 72.9 cm³/mol. The standard InChI is InChI=1S/C12H15N3O3S/c1-3-8-10(16)14-12(18)15(11(8)17)5-4-9-13-7(2)6-19-9/h6,17H,3-5H2,1-2H3,(H,14,16,18). The summed E-state index contributed by atoms with van der Waals surface area (Å²) in [7, 11) is 0. The Bertz CT molecular complexity index is 699. The molecule has 0 aromatic carbocycles. The van der Waals surface area contributed by atoms with Gasteiger partial charge >= 0.3 is 5.69 Å². The Morgan fingerprint density at radius 1 is 1.47 bits per heavy atom. The van der Waals surface area contributed by atoms with Gasteiger partial charge in [-0.05, 0) is 13.3 Å². The van der Waals surface area contributed by atoms with Gasteiger partial charge in [0.25, 0.3) is 5.56 Å². The van der Waals surface area contributed by atoms with E-state index < -0.39 is 11.2 Å². The lowest BCUT2D eigenvalue weighted by Gasteiger charge is -2.09. The van der Waals surface area contributed by atoms with Crippen LogP contribution in [0.1, 0.15) is 23.2 Å². The number of H-pyrrole nitrogens is 1. The fraction of sp³-hybridized carbons (Fsp3) is 0.417. The van der Waals surface area contributed by atoms with E-state index in [1.54, 1.807) is 6.92 Å². The monoisotopic (exact) mass is 281 g/mol. The van der Waals surface area contributed by atoms with Crippen LogP contribution in [0.4, 0.5) is 0 Å². The van der Waals surface area contributed by atoms with Gasteiger partial charge in [-0.1, -0.05) is 6.92 Å². The van der Waals surface area contributed by atoms with Crippen molar-refractivity contribution in [1.82, 2.24) is 14.5 Å². The van der Waals surface area contributed by atoms with Gasteiger partial charge in [0, 0.05) is 24.0 Å². The molecule has 0 amide bonds. The van der Waals surface area contributed by atoms with E-state index in [-0.39, 0.29) is 11.4 Å². The Hall–Kier alpha value is -1.89. The van der Waals surface area contributed by atoms with Crippen LogP contribution >= 0.6 is 11.3 Å². The SMILES string of the molecule is CCc1c(O)n(CCc2nc(C)cs2)c(=O)[nH]c1=O. The summed E-state index contributed by atoms with van der Waals surface area (Å²) in [5.74, 6) is -0.246. The van der Waals surface area contributed by atoms with E-state index in [0.717, 1.165) is 10.7 Å². The summed E-state index contributed by atoms with van der Waals surface area (Å²) in [6.45, 7) is 3.95. The molecule has 2 heterocycles. The minimum absolute atomic E-state index is 0.231. The number of nitrogens with zero attached hydrogens (tertiary/aromatic N) is 2. The van der Waals surface area contributed by atoms with Crippen LogP contribution in [-0.2, 0) is 19.4 Å². The van der Waals surface area contributed by atoms with Crippen molar-refractivity contribution in [3.8, 4) is 5.88 Å². The molecule has 0 unspecified atom stereocenters. The van der Waals surface area contributed by atoms with Crippen LogP contribution in [-0.4, -0.2) is 19.6 Å². The lowest BCUT2D eigenvalue weighted by Crippen LogP contribution is -2.32. The molecule has 0 aliphatic carbocycles. The molecule has 0 radical (unpaired) electrons. The van der Waals surface area contributed by atoms with Gasteiger partial charge < -0.3 is 5.11 Å². The second-order valence-electron chi connectivity index (χ2n) is 4.20. The fourth-order valence-corrected chi connectivity index (χ4v) is 2.62. The first-order valence-corrected chi connectivity index (χ1v) is 6.86. The number of aromatic hydroxyl groups is 1.